The second kappa shape index (κ2) is 14.1. The van der Waals surface area contributed by atoms with Gasteiger partial charge in [-0.25, -0.2) is 8.42 Å². The smallest absolute Gasteiger partial charge is 0.246 e. The largest absolute Gasteiger partial charge is 0.496 e. The van der Waals surface area contributed by atoms with Gasteiger partial charge in [0.05, 0.1) is 18.6 Å². The number of nitrogens with one attached hydrogen (secondary N) is 1. The number of benzene rings is 1. The molecule has 0 bridgehead atoms. The summed E-state index contributed by atoms with van der Waals surface area (Å²) in [5.74, 6) is 1.10. The highest BCUT2D eigenvalue weighted by Gasteiger charge is 2.31. The molecule has 3 rings (SSSR count). The first-order valence-corrected chi connectivity index (χ1v) is 16.0. The van der Waals surface area contributed by atoms with Crippen molar-refractivity contribution in [3.8, 4) is 5.75 Å². The van der Waals surface area contributed by atoms with Crippen molar-refractivity contribution in [2.24, 2.45) is 5.92 Å². The Balaban J connectivity index is 1.47. The zero-order valence-electron chi connectivity index (χ0n) is 24.5. The van der Waals surface area contributed by atoms with Gasteiger partial charge in [0, 0.05) is 30.1 Å². The van der Waals surface area contributed by atoms with Crippen molar-refractivity contribution in [2.75, 3.05) is 47.5 Å². The normalized spacial score (nSPS) is 18.9. The topological polar surface area (TPSA) is 88.2 Å². The molecule has 218 valence electrons. The number of aryl methyl sites for hydroxylation is 1. The average molecular weight is 580 g/mol. The molecule has 10 heteroatoms. The molecule has 0 radical (unpaired) electrons. The summed E-state index contributed by atoms with van der Waals surface area (Å²) in [7, 11) is 2.14. The van der Waals surface area contributed by atoms with E-state index in [1.54, 1.807) is 27.0 Å². The molecule has 0 aliphatic heterocycles. The summed E-state index contributed by atoms with van der Waals surface area (Å²) in [4.78, 5) is 16.6. The molecule has 0 spiro atoms. The van der Waals surface area contributed by atoms with Crippen molar-refractivity contribution in [1.82, 2.24) is 14.5 Å². The quantitative estimate of drug-likeness (QED) is 0.347. The summed E-state index contributed by atoms with van der Waals surface area (Å²) in [6.45, 7) is 7.82. The van der Waals surface area contributed by atoms with Gasteiger partial charge < -0.3 is 19.7 Å². The van der Waals surface area contributed by atoms with E-state index in [-0.39, 0.29) is 31.7 Å². The molecule has 1 heterocycles. The molecular formula is C29H45N3O5S2. The molecule has 39 heavy (non-hydrogen) atoms. The van der Waals surface area contributed by atoms with Gasteiger partial charge in [-0.1, -0.05) is 13.0 Å². The molecule has 2 aromatic rings. The van der Waals surface area contributed by atoms with Crippen LogP contribution < -0.4 is 10.1 Å². The summed E-state index contributed by atoms with van der Waals surface area (Å²) in [6.07, 6.45) is 4.04. The fourth-order valence-electron chi connectivity index (χ4n) is 5.76. The van der Waals surface area contributed by atoms with Crippen molar-refractivity contribution in [2.45, 2.75) is 70.4 Å². The third-order valence-electron chi connectivity index (χ3n) is 7.84. The highest BCUT2D eigenvalue weighted by atomic mass is 32.2. The van der Waals surface area contributed by atoms with E-state index in [1.165, 1.54) is 9.18 Å². The third-order valence-corrected chi connectivity index (χ3v) is 11.0. The zero-order chi connectivity index (χ0) is 28.7. The van der Waals surface area contributed by atoms with Gasteiger partial charge in [0.15, 0.2) is 0 Å². The Labute approximate surface area is 238 Å². The van der Waals surface area contributed by atoms with Crippen LogP contribution in [-0.2, 0) is 19.6 Å². The molecule has 1 unspecified atom stereocenters. The number of thiophene rings is 1. The number of sulfonamides is 1. The molecule has 1 saturated carbocycles. The first kappa shape index (κ1) is 31.5. The van der Waals surface area contributed by atoms with Gasteiger partial charge >= 0.3 is 0 Å². The van der Waals surface area contributed by atoms with Gasteiger partial charge in [-0.15, -0.1) is 11.3 Å². The fourth-order valence-corrected chi connectivity index (χ4v) is 8.69. The maximum Gasteiger partial charge on any atom is 0.246 e. The third kappa shape index (κ3) is 7.61. The first-order chi connectivity index (χ1) is 18.5. The highest BCUT2D eigenvalue weighted by molar-refractivity contribution is 7.89. The number of carbonyl (C=O) groups is 1. The lowest BCUT2D eigenvalue weighted by Gasteiger charge is -2.37. The van der Waals surface area contributed by atoms with Crippen LogP contribution in [0.2, 0.25) is 0 Å². The minimum absolute atomic E-state index is 0.0766. The van der Waals surface area contributed by atoms with E-state index in [0.29, 0.717) is 40.3 Å². The monoisotopic (exact) mass is 579 g/mol. The van der Waals surface area contributed by atoms with Crippen molar-refractivity contribution in [3.05, 3.63) is 45.1 Å². The molecule has 0 saturated heterocycles. The average Bonchev–Trinajstić information content (AvgIpc) is 3.41. The van der Waals surface area contributed by atoms with Gasteiger partial charge in [0.25, 0.3) is 0 Å². The Kier molecular flexibility index (Phi) is 11.4. The number of likely N-dealkylation sites (N-methyl/N-ethyl adjacent to an activating group) is 1. The van der Waals surface area contributed by atoms with Gasteiger partial charge in [-0.05, 0) is 101 Å². The Bertz CT molecular complexity index is 1190. The van der Waals surface area contributed by atoms with E-state index in [0.717, 1.165) is 31.2 Å². The summed E-state index contributed by atoms with van der Waals surface area (Å²) < 4.78 is 39.4. The predicted octanol–water partition coefficient (Wildman–Crippen LogP) is 4.69. The Morgan fingerprint density at radius 3 is 2.41 bits per heavy atom. The van der Waals surface area contributed by atoms with Gasteiger partial charge in [-0.3, -0.25) is 4.79 Å². The van der Waals surface area contributed by atoms with Crippen molar-refractivity contribution >= 4 is 27.3 Å². The van der Waals surface area contributed by atoms with Gasteiger partial charge in [0.2, 0.25) is 15.9 Å². The number of rotatable bonds is 13. The standard InChI is InChI=1S/C29H45N3O5S2/c1-8-32(39(34,35)29-20(2)18-25(36-7)21(3)22(29)4)15-16-37-19-27(33)30-24-13-11-23(12-14-24)28(31(5)6)26-10-9-17-38-26/h9-10,17-18,23-24,28H,8,11-16,19H2,1-7H3,(H,30,33). The number of ether oxygens (including phenoxy) is 2. The maximum absolute atomic E-state index is 13.5. The minimum atomic E-state index is -3.72. The lowest BCUT2D eigenvalue weighted by Crippen LogP contribution is -2.41. The molecule has 8 nitrogen and oxygen atoms in total. The van der Waals surface area contributed by atoms with E-state index in [2.05, 4.69) is 41.8 Å². The lowest BCUT2D eigenvalue weighted by molar-refractivity contribution is -0.126. The molecular weight excluding hydrogens is 534 g/mol. The van der Waals surface area contributed by atoms with Crippen LogP contribution in [0.15, 0.2) is 28.5 Å². The molecule has 1 aromatic carbocycles. The SMILES string of the molecule is CCN(CCOCC(=O)NC1CCC(C(c2cccs2)N(C)C)CC1)S(=O)(=O)c1c(C)cc(OC)c(C)c1C. The Morgan fingerprint density at radius 2 is 1.85 bits per heavy atom. The van der Waals surface area contributed by atoms with E-state index >= 15 is 0 Å². The second-order valence-electron chi connectivity index (χ2n) is 10.6. The summed E-state index contributed by atoms with van der Waals surface area (Å²) in [5.41, 5.74) is 2.15. The summed E-state index contributed by atoms with van der Waals surface area (Å²) in [6, 6.07) is 6.66. The van der Waals surface area contributed by atoms with Crippen LogP contribution >= 0.6 is 11.3 Å². The summed E-state index contributed by atoms with van der Waals surface area (Å²) >= 11 is 1.81. The molecule has 1 amide bonds. The van der Waals surface area contributed by atoms with Crippen molar-refractivity contribution in [3.63, 3.8) is 0 Å². The second-order valence-corrected chi connectivity index (χ2v) is 13.5. The molecule has 1 atom stereocenters. The van der Waals surface area contributed by atoms with Crippen LogP contribution in [-0.4, -0.2) is 77.1 Å². The van der Waals surface area contributed by atoms with E-state index < -0.39 is 10.0 Å². The van der Waals surface area contributed by atoms with E-state index in [1.807, 2.05) is 25.2 Å². The summed E-state index contributed by atoms with van der Waals surface area (Å²) in [5, 5.41) is 5.25. The molecule has 1 aliphatic carbocycles. The number of hydrogen-bond acceptors (Lipinski definition) is 7. The predicted molar refractivity (Wildman–Crippen MR) is 157 cm³/mol. The maximum atomic E-state index is 13.5. The zero-order valence-corrected chi connectivity index (χ0v) is 26.1. The van der Waals surface area contributed by atoms with Crippen LogP contribution in [0.1, 0.15) is 60.2 Å². The first-order valence-electron chi connectivity index (χ1n) is 13.7. The van der Waals surface area contributed by atoms with Crippen LogP contribution in [0.3, 0.4) is 0 Å². The number of nitrogens with zero attached hydrogens (tertiary/aromatic N) is 2. The van der Waals surface area contributed by atoms with Crippen LogP contribution in [0.5, 0.6) is 5.75 Å². The number of methoxy groups -OCH3 is 1. The van der Waals surface area contributed by atoms with Crippen LogP contribution in [0.25, 0.3) is 0 Å². The highest BCUT2D eigenvalue weighted by Crippen LogP contribution is 2.39. The number of hydrogen-bond donors (Lipinski definition) is 1. The fraction of sp³-hybridized carbons (Fsp3) is 0.621. The van der Waals surface area contributed by atoms with E-state index in [9.17, 15) is 13.2 Å². The Hall–Kier alpha value is -1.98. The van der Waals surface area contributed by atoms with Gasteiger partial charge in [-0.2, -0.15) is 4.31 Å². The Morgan fingerprint density at radius 1 is 1.15 bits per heavy atom. The molecule has 1 N–H and O–H groups in total. The molecule has 1 fully saturated rings. The van der Waals surface area contributed by atoms with Crippen molar-refractivity contribution < 1.29 is 22.7 Å². The van der Waals surface area contributed by atoms with Crippen LogP contribution in [0.4, 0.5) is 0 Å². The molecule has 1 aliphatic rings. The van der Waals surface area contributed by atoms with E-state index in [4.69, 9.17) is 9.47 Å². The van der Waals surface area contributed by atoms with Crippen LogP contribution in [0, 0.1) is 26.7 Å². The molecule has 1 aromatic heterocycles. The van der Waals surface area contributed by atoms with Gasteiger partial charge in [0.1, 0.15) is 12.4 Å². The van der Waals surface area contributed by atoms with Crippen molar-refractivity contribution in [1.29, 1.82) is 0 Å². The minimum Gasteiger partial charge on any atom is -0.496 e. The lowest BCUT2D eigenvalue weighted by atomic mass is 9.80. The number of amides is 1. The number of carbonyl (C=O) groups excluding carboxylic acids is 1.